The van der Waals surface area contributed by atoms with Crippen molar-refractivity contribution in [2.75, 3.05) is 0 Å². The summed E-state index contributed by atoms with van der Waals surface area (Å²) in [6.07, 6.45) is 2.40. The van der Waals surface area contributed by atoms with Gasteiger partial charge in [0.15, 0.2) is 0 Å². The first-order valence-corrected chi connectivity index (χ1v) is 4.21. The Morgan fingerprint density at radius 3 is 2.27 bits per heavy atom. The molecule has 0 aliphatic heterocycles. The lowest BCUT2D eigenvalue weighted by Gasteiger charge is -2.05. The molecule has 0 fully saturated rings. The summed E-state index contributed by atoms with van der Waals surface area (Å²) in [7, 11) is 0. The molecule has 0 saturated heterocycles. The molecule has 1 heteroatoms. The summed E-state index contributed by atoms with van der Waals surface area (Å²) in [6.45, 7) is 12.1. The monoisotopic (exact) mass is 153 g/mol. The Balaban J connectivity index is 3.85. The molecule has 0 radical (unpaired) electrons. The molecule has 0 aliphatic rings. The molecule has 0 spiro atoms. The Kier molecular flexibility index (Phi) is 4.84. The van der Waals surface area contributed by atoms with Crippen molar-refractivity contribution >= 4 is 6.72 Å². The summed E-state index contributed by atoms with van der Waals surface area (Å²) in [5, 5.41) is 0. The van der Waals surface area contributed by atoms with E-state index in [1.807, 2.05) is 6.92 Å². The first kappa shape index (κ1) is 10.4. The molecule has 0 aromatic heterocycles. The number of rotatable bonds is 4. The second kappa shape index (κ2) is 5.11. The maximum absolute atomic E-state index is 3.90. The lowest BCUT2D eigenvalue weighted by Crippen LogP contribution is -1.89. The van der Waals surface area contributed by atoms with Gasteiger partial charge in [0.05, 0.1) is 0 Å². The van der Waals surface area contributed by atoms with Crippen LogP contribution in [0.1, 0.15) is 40.5 Å². The van der Waals surface area contributed by atoms with Gasteiger partial charge in [-0.05, 0) is 39.3 Å². The molecule has 0 bridgehead atoms. The van der Waals surface area contributed by atoms with Crippen LogP contribution >= 0.6 is 0 Å². The topological polar surface area (TPSA) is 12.4 Å². The van der Waals surface area contributed by atoms with Crippen LogP contribution in [0.2, 0.25) is 0 Å². The molecule has 0 rings (SSSR count). The van der Waals surface area contributed by atoms with Crippen LogP contribution in [-0.4, -0.2) is 6.72 Å². The fraction of sp³-hybridized carbons (Fsp3) is 0.700. The number of nitrogens with zero attached hydrogens (tertiary/aromatic N) is 1. The van der Waals surface area contributed by atoms with Gasteiger partial charge < -0.3 is 0 Å². The fourth-order valence-electron chi connectivity index (χ4n) is 0.821. The minimum atomic E-state index is 0.780. The van der Waals surface area contributed by atoms with E-state index in [-0.39, 0.29) is 0 Å². The van der Waals surface area contributed by atoms with Crippen molar-refractivity contribution in [1.82, 2.24) is 0 Å². The van der Waals surface area contributed by atoms with Crippen LogP contribution in [0, 0.1) is 5.92 Å². The SMILES string of the molecule is C=N/C(C)=C(/C)CCC(C)C. The third-order valence-corrected chi connectivity index (χ3v) is 1.95. The van der Waals surface area contributed by atoms with E-state index in [2.05, 4.69) is 32.5 Å². The van der Waals surface area contributed by atoms with Crippen LogP contribution in [0.15, 0.2) is 16.3 Å². The van der Waals surface area contributed by atoms with Crippen LogP contribution in [0.4, 0.5) is 0 Å². The maximum Gasteiger partial charge on any atom is 0.0354 e. The van der Waals surface area contributed by atoms with E-state index in [4.69, 9.17) is 0 Å². The minimum absolute atomic E-state index is 0.780. The number of allylic oxidation sites excluding steroid dienone is 2. The lowest BCUT2D eigenvalue weighted by molar-refractivity contribution is 0.583. The van der Waals surface area contributed by atoms with Gasteiger partial charge in [-0.3, -0.25) is 4.99 Å². The molecule has 0 heterocycles. The molecule has 64 valence electrons. The molecule has 0 unspecified atom stereocenters. The Labute approximate surface area is 70.2 Å². The van der Waals surface area contributed by atoms with Crippen molar-refractivity contribution in [1.29, 1.82) is 0 Å². The second-order valence-corrected chi connectivity index (χ2v) is 3.46. The maximum atomic E-state index is 3.90. The van der Waals surface area contributed by atoms with E-state index in [0.29, 0.717) is 0 Å². The first-order chi connectivity index (χ1) is 5.07. The fourth-order valence-corrected chi connectivity index (χ4v) is 0.821. The number of aliphatic imine (C=N–C) groups is 1. The molecule has 0 aromatic rings. The van der Waals surface area contributed by atoms with Crippen LogP contribution < -0.4 is 0 Å². The Hall–Kier alpha value is -0.590. The van der Waals surface area contributed by atoms with Crippen molar-refractivity contribution in [3.63, 3.8) is 0 Å². The van der Waals surface area contributed by atoms with Gasteiger partial charge in [0.1, 0.15) is 0 Å². The molecule has 0 N–H and O–H groups in total. The van der Waals surface area contributed by atoms with Gasteiger partial charge in [-0.25, -0.2) is 0 Å². The highest BCUT2D eigenvalue weighted by Gasteiger charge is 1.97. The zero-order valence-electron chi connectivity index (χ0n) is 8.15. The summed E-state index contributed by atoms with van der Waals surface area (Å²) in [4.78, 5) is 3.90. The minimum Gasteiger partial charge on any atom is -0.269 e. The summed E-state index contributed by atoms with van der Waals surface area (Å²) in [6, 6.07) is 0. The molecule has 0 aromatic carbocycles. The summed E-state index contributed by atoms with van der Waals surface area (Å²) >= 11 is 0. The molecular weight excluding hydrogens is 134 g/mol. The van der Waals surface area contributed by atoms with Crippen molar-refractivity contribution < 1.29 is 0 Å². The summed E-state index contributed by atoms with van der Waals surface area (Å²) in [5.74, 6) is 0.780. The van der Waals surface area contributed by atoms with E-state index in [0.717, 1.165) is 18.0 Å². The molecule has 0 amide bonds. The molecular formula is C10H19N. The largest absolute Gasteiger partial charge is 0.269 e. The first-order valence-electron chi connectivity index (χ1n) is 4.21. The van der Waals surface area contributed by atoms with Crippen LogP contribution in [0.3, 0.4) is 0 Å². The van der Waals surface area contributed by atoms with E-state index < -0.39 is 0 Å². The number of hydrogen-bond donors (Lipinski definition) is 0. The highest BCUT2D eigenvalue weighted by atomic mass is 14.7. The van der Waals surface area contributed by atoms with E-state index in [9.17, 15) is 0 Å². The lowest BCUT2D eigenvalue weighted by atomic mass is 10.0. The average molecular weight is 153 g/mol. The van der Waals surface area contributed by atoms with Crippen LogP contribution in [-0.2, 0) is 0 Å². The molecule has 0 saturated carbocycles. The van der Waals surface area contributed by atoms with E-state index >= 15 is 0 Å². The van der Waals surface area contributed by atoms with Crippen molar-refractivity contribution in [3.05, 3.63) is 11.3 Å². The smallest absolute Gasteiger partial charge is 0.0354 e. The second-order valence-electron chi connectivity index (χ2n) is 3.46. The zero-order chi connectivity index (χ0) is 8.85. The van der Waals surface area contributed by atoms with Gasteiger partial charge in [0.25, 0.3) is 0 Å². The number of hydrogen-bond acceptors (Lipinski definition) is 1. The predicted octanol–water partition coefficient (Wildman–Crippen LogP) is 3.42. The van der Waals surface area contributed by atoms with Gasteiger partial charge in [-0.15, -0.1) is 0 Å². The van der Waals surface area contributed by atoms with E-state index in [1.165, 1.54) is 12.0 Å². The van der Waals surface area contributed by atoms with Gasteiger partial charge >= 0.3 is 0 Å². The van der Waals surface area contributed by atoms with Crippen molar-refractivity contribution in [3.8, 4) is 0 Å². The highest BCUT2D eigenvalue weighted by molar-refractivity contribution is 5.29. The summed E-state index contributed by atoms with van der Waals surface area (Å²) in [5.41, 5.74) is 2.46. The normalized spacial score (nSPS) is 13.2. The van der Waals surface area contributed by atoms with Crippen molar-refractivity contribution in [2.45, 2.75) is 40.5 Å². The molecule has 11 heavy (non-hydrogen) atoms. The molecule has 0 aliphatic carbocycles. The van der Waals surface area contributed by atoms with Gasteiger partial charge in [-0.2, -0.15) is 0 Å². The molecule has 0 atom stereocenters. The zero-order valence-corrected chi connectivity index (χ0v) is 8.15. The van der Waals surface area contributed by atoms with Crippen molar-refractivity contribution in [2.24, 2.45) is 10.9 Å². The molecule has 1 nitrogen and oxygen atoms in total. The highest BCUT2D eigenvalue weighted by Crippen LogP contribution is 2.14. The van der Waals surface area contributed by atoms with Gasteiger partial charge in [0, 0.05) is 5.70 Å². The van der Waals surface area contributed by atoms with E-state index in [1.54, 1.807) is 0 Å². The third-order valence-electron chi connectivity index (χ3n) is 1.95. The third kappa shape index (κ3) is 4.77. The summed E-state index contributed by atoms with van der Waals surface area (Å²) < 4.78 is 0. The predicted molar refractivity (Wildman–Crippen MR) is 52.0 cm³/mol. The van der Waals surface area contributed by atoms with Gasteiger partial charge in [0.2, 0.25) is 0 Å². The van der Waals surface area contributed by atoms with Crippen LogP contribution in [0.5, 0.6) is 0 Å². The Bertz CT molecular complexity index is 154. The quantitative estimate of drug-likeness (QED) is 0.549. The Morgan fingerprint density at radius 1 is 1.36 bits per heavy atom. The standard InChI is InChI=1S/C10H19N/c1-8(2)6-7-9(3)10(4)11-5/h8H,5-7H2,1-4H3/b10-9-. The average Bonchev–Trinajstić information content (AvgIpc) is 1.98. The van der Waals surface area contributed by atoms with Crippen LogP contribution in [0.25, 0.3) is 0 Å². The Morgan fingerprint density at radius 2 is 1.91 bits per heavy atom. The van der Waals surface area contributed by atoms with Gasteiger partial charge in [-0.1, -0.05) is 19.4 Å².